The van der Waals surface area contributed by atoms with Crippen molar-refractivity contribution in [2.24, 2.45) is 0 Å². The summed E-state index contributed by atoms with van der Waals surface area (Å²) in [6.07, 6.45) is 2.39. The van der Waals surface area contributed by atoms with Gasteiger partial charge in [0.2, 0.25) is 5.78 Å². The number of carbonyl (C=O) groups excluding carboxylic acids is 2. The van der Waals surface area contributed by atoms with Crippen LogP contribution in [0.25, 0.3) is 5.57 Å². The molecule has 6 heteroatoms. The van der Waals surface area contributed by atoms with E-state index in [1.165, 1.54) is 34.5 Å². The average Bonchev–Trinajstić information content (AvgIpc) is 2.55. The minimum absolute atomic E-state index is 0.00759. The number of rotatable bonds is 5. The molecule has 1 aromatic carbocycles. The highest BCUT2D eigenvalue weighted by Gasteiger charge is 2.25. The van der Waals surface area contributed by atoms with Crippen molar-refractivity contribution < 1.29 is 28.5 Å². The molecule has 1 aliphatic carbocycles. The second-order valence-electron chi connectivity index (χ2n) is 4.41. The Morgan fingerprint density at radius 1 is 0.682 bits per heavy atom. The Kier molecular flexibility index (Phi) is 4.50. The summed E-state index contributed by atoms with van der Waals surface area (Å²) in [5.41, 5.74) is 0.661. The van der Waals surface area contributed by atoms with Gasteiger partial charge in [0.05, 0.1) is 28.4 Å². The van der Waals surface area contributed by atoms with E-state index in [-0.39, 0.29) is 22.9 Å². The number of methoxy groups -OCH3 is 4. The molecule has 0 spiro atoms. The summed E-state index contributed by atoms with van der Waals surface area (Å²) in [6, 6.07) is 3.20. The first-order chi connectivity index (χ1) is 10.5. The van der Waals surface area contributed by atoms with Crippen LogP contribution in [0.4, 0.5) is 0 Å². The van der Waals surface area contributed by atoms with Crippen LogP contribution in [0.3, 0.4) is 0 Å². The summed E-state index contributed by atoms with van der Waals surface area (Å²) < 4.78 is 20.6. The number of hydrogen-bond donors (Lipinski definition) is 0. The summed E-state index contributed by atoms with van der Waals surface area (Å²) in [6.45, 7) is 0. The molecular formula is C16H16O6. The third-order valence-corrected chi connectivity index (χ3v) is 3.26. The van der Waals surface area contributed by atoms with Gasteiger partial charge in [-0.15, -0.1) is 0 Å². The first-order valence-electron chi connectivity index (χ1n) is 6.42. The van der Waals surface area contributed by atoms with Crippen LogP contribution in [0.1, 0.15) is 5.56 Å². The van der Waals surface area contributed by atoms with Crippen molar-refractivity contribution in [1.82, 2.24) is 0 Å². The van der Waals surface area contributed by atoms with Crippen molar-refractivity contribution in [3.8, 4) is 17.2 Å². The predicted octanol–water partition coefficient (Wildman–Crippen LogP) is 1.78. The molecular weight excluding hydrogens is 288 g/mol. The molecule has 0 aromatic heterocycles. The third kappa shape index (κ3) is 2.67. The lowest BCUT2D eigenvalue weighted by Crippen LogP contribution is -2.14. The zero-order chi connectivity index (χ0) is 16.3. The molecule has 22 heavy (non-hydrogen) atoms. The van der Waals surface area contributed by atoms with Gasteiger partial charge in [-0.2, -0.15) is 0 Å². The molecule has 0 aliphatic heterocycles. The van der Waals surface area contributed by atoms with Crippen molar-refractivity contribution in [2.45, 2.75) is 0 Å². The number of carbonyl (C=O) groups is 2. The molecule has 0 radical (unpaired) electrons. The van der Waals surface area contributed by atoms with Crippen molar-refractivity contribution in [2.75, 3.05) is 28.4 Å². The normalized spacial score (nSPS) is 14.2. The van der Waals surface area contributed by atoms with Crippen molar-refractivity contribution in [3.05, 3.63) is 35.6 Å². The van der Waals surface area contributed by atoms with E-state index in [9.17, 15) is 9.59 Å². The van der Waals surface area contributed by atoms with E-state index < -0.39 is 0 Å². The second-order valence-corrected chi connectivity index (χ2v) is 4.41. The van der Waals surface area contributed by atoms with Crippen LogP contribution in [0.2, 0.25) is 0 Å². The van der Waals surface area contributed by atoms with Gasteiger partial charge < -0.3 is 18.9 Å². The molecule has 2 rings (SSSR count). The summed E-state index contributed by atoms with van der Waals surface area (Å²) in [7, 11) is 5.79. The summed E-state index contributed by atoms with van der Waals surface area (Å²) in [5.74, 6) is 0.579. The third-order valence-electron chi connectivity index (χ3n) is 3.26. The highest BCUT2D eigenvalue weighted by molar-refractivity contribution is 6.35. The van der Waals surface area contributed by atoms with Gasteiger partial charge in [0.15, 0.2) is 23.0 Å². The van der Waals surface area contributed by atoms with Crippen molar-refractivity contribution in [1.29, 1.82) is 0 Å². The topological polar surface area (TPSA) is 71.1 Å². The molecule has 6 nitrogen and oxygen atoms in total. The zero-order valence-corrected chi connectivity index (χ0v) is 12.8. The first-order valence-corrected chi connectivity index (χ1v) is 6.42. The summed E-state index contributed by atoms with van der Waals surface area (Å²) >= 11 is 0. The summed E-state index contributed by atoms with van der Waals surface area (Å²) in [5, 5.41) is 0. The maximum Gasteiger partial charge on any atom is 0.221 e. The fraction of sp³-hybridized carbons (Fsp3) is 0.250. The number of ketones is 2. The van der Waals surface area contributed by atoms with E-state index in [0.717, 1.165) is 6.08 Å². The largest absolute Gasteiger partial charge is 0.496 e. The molecule has 0 amide bonds. The maximum absolute atomic E-state index is 12.2. The minimum Gasteiger partial charge on any atom is -0.496 e. The molecule has 1 aromatic rings. The monoisotopic (exact) mass is 304 g/mol. The Morgan fingerprint density at radius 2 is 1.27 bits per heavy atom. The number of ether oxygens (including phenoxy) is 4. The van der Waals surface area contributed by atoms with Gasteiger partial charge in [-0.25, -0.2) is 0 Å². The lowest BCUT2D eigenvalue weighted by Gasteiger charge is -2.17. The SMILES string of the molecule is COC1=CC(=O)C(c2cc(OC)c(OC)cc2OC)=CC1=O. The summed E-state index contributed by atoms with van der Waals surface area (Å²) in [4.78, 5) is 24.1. The Bertz CT molecular complexity index is 684. The van der Waals surface area contributed by atoms with Crippen molar-refractivity contribution >= 4 is 17.1 Å². The van der Waals surface area contributed by atoms with Crippen LogP contribution in [0.5, 0.6) is 17.2 Å². The Labute approximate surface area is 127 Å². The number of allylic oxidation sites excluding steroid dienone is 3. The van der Waals surface area contributed by atoms with Crippen LogP contribution >= 0.6 is 0 Å². The lowest BCUT2D eigenvalue weighted by atomic mass is 9.94. The Hall–Kier alpha value is -2.76. The number of hydrogen-bond acceptors (Lipinski definition) is 6. The molecule has 116 valence electrons. The average molecular weight is 304 g/mol. The van der Waals surface area contributed by atoms with E-state index in [1.807, 2.05) is 0 Å². The van der Waals surface area contributed by atoms with E-state index in [2.05, 4.69) is 0 Å². The Morgan fingerprint density at radius 3 is 1.82 bits per heavy atom. The van der Waals surface area contributed by atoms with Crippen LogP contribution in [-0.4, -0.2) is 40.0 Å². The van der Waals surface area contributed by atoms with Crippen LogP contribution in [0, 0.1) is 0 Å². The highest BCUT2D eigenvalue weighted by atomic mass is 16.5. The van der Waals surface area contributed by atoms with E-state index in [0.29, 0.717) is 22.8 Å². The van der Waals surface area contributed by atoms with Crippen LogP contribution in [-0.2, 0) is 14.3 Å². The van der Waals surface area contributed by atoms with Gasteiger partial charge in [-0.3, -0.25) is 9.59 Å². The van der Waals surface area contributed by atoms with Gasteiger partial charge in [0, 0.05) is 29.4 Å². The maximum atomic E-state index is 12.2. The molecule has 0 N–H and O–H groups in total. The molecule has 0 saturated carbocycles. The zero-order valence-electron chi connectivity index (χ0n) is 12.8. The molecule has 0 saturated heterocycles. The smallest absolute Gasteiger partial charge is 0.221 e. The van der Waals surface area contributed by atoms with E-state index in [1.54, 1.807) is 12.1 Å². The molecule has 0 bridgehead atoms. The fourth-order valence-electron chi connectivity index (χ4n) is 2.15. The van der Waals surface area contributed by atoms with Crippen LogP contribution < -0.4 is 14.2 Å². The van der Waals surface area contributed by atoms with Gasteiger partial charge >= 0.3 is 0 Å². The highest BCUT2D eigenvalue weighted by Crippen LogP contribution is 2.39. The molecule has 1 aliphatic rings. The molecule has 0 unspecified atom stereocenters. The van der Waals surface area contributed by atoms with Crippen LogP contribution in [0.15, 0.2) is 30.0 Å². The van der Waals surface area contributed by atoms with Crippen molar-refractivity contribution in [3.63, 3.8) is 0 Å². The van der Waals surface area contributed by atoms with Gasteiger partial charge in [-0.05, 0) is 6.07 Å². The Balaban J connectivity index is 2.57. The van der Waals surface area contributed by atoms with Gasteiger partial charge in [0.25, 0.3) is 0 Å². The first kappa shape index (κ1) is 15.6. The van der Waals surface area contributed by atoms with E-state index in [4.69, 9.17) is 18.9 Å². The van der Waals surface area contributed by atoms with E-state index >= 15 is 0 Å². The lowest BCUT2D eigenvalue weighted by molar-refractivity contribution is -0.116. The molecule has 0 heterocycles. The second kappa shape index (κ2) is 6.34. The number of benzene rings is 1. The molecule has 0 atom stereocenters. The van der Waals surface area contributed by atoms with Gasteiger partial charge in [0.1, 0.15) is 5.75 Å². The quantitative estimate of drug-likeness (QED) is 0.772. The fourth-order valence-corrected chi connectivity index (χ4v) is 2.15. The van der Waals surface area contributed by atoms with Gasteiger partial charge in [-0.1, -0.05) is 0 Å². The molecule has 0 fully saturated rings. The predicted molar refractivity (Wildman–Crippen MR) is 79.2 cm³/mol. The minimum atomic E-state index is -0.381. The standard InChI is InChI=1S/C16H16O6/c1-19-13-8-16(22-4)15(21-3)6-10(13)9-5-12(18)14(20-2)7-11(9)17/h5-8H,1-4H3.